The molecule has 0 radical (unpaired) electrons. The lowest BCUT2D eigenvalue weighted by Crippen LogP contribution is -2.31. The summed E-state index contributed by atoms with van der Waals surface area (Å²) >= 11 is 0. The maximum Gasteiger partial charge on any atom is 0.128 e. The van der Waals surface area contributed by atoms with E-state index in [-0.39, 0.29) is 0 Å². The Hall–Kier alpha value is -1.30. The molecule has 5 heteroatoms. The van der Waals surface area contributed by atoms with E-state index in [1.54, 1.807) is 0 Å². The molecule has 0 spiro atoms. The van der Waals surface area contributed by atoms with Crippen LogP contribution in [0.25, 0.3) is 0 Å². The van der Waals surface area contributed by atoms with Crippen LogP contribution >= 0.6 is 0 Å². The molecule has 29 heavy (non-hydrogen) atoms. The van der Waals surface area contributed by atoms with Gasteiger partial charge in [-0.3, -0.25) is 14.7 Å². The number of hydrogen-bond donors (Lipinski definition) is 2. The number of phenols is 2. The number of aromatic hydroxyl groups is 2. The Morgan fingerprint density at radius 1 is 0.517 bits per heavy atom. The van der Waals surface area contributed by atoms with Gasteiger partial charge in [0, 0.05) is 30.8 Å². The van der Waals surface area contributed by atoms with Gasteiger partial charge in [0.25, 0.3) is 0 Å². The van der Waals surface area contributed by atoms with Gasteiger partial charge in [-0.1, -0.05) is 19.3 Å². The van der Waals surface area contributed by atoms with Crippen LogP contribution in [0.5, 0.6) is 11.5 Å². The lowest BCUT2D eigenvalue weighted by Gasteiger charge is -2.31. The highest BCUT2D eigenvalue weighted by atomic mass is 16.3. The number of rotatable bonds is 6. The van der Waals surface area contributed by atoms with E-state index in [2.05, 4.69) is 20.8 Å². The minimum atomic E-state index is 0.334. The molecule has 162 valence electrons. The molecular formula is C24H39N3O2. The quantitative estimate of drug-likeness (QED) is 0.753. The van der Waals surface area contributed by atoms with Crippen molar-refractivity contribution in [3.05, 3.63) is 22.8 Å². The normalized spacial score (nSPS) is 22.8. The van der Waals surface area contributed by atoms with Crippen molar-refractivity contribution >= 4 is 0 Å². The van der Waals surface area contributed by atoms with Crippen LogP contribution in [-0.4, -0.2) is 64.2 Å². The minimum Gasteiger partial charge on any atom is -0.507 e. The van der Waals surface area contributed by atoms with E-state index in [1.807, 2.05) is 0 Å². The minimum absolute atomic E-state index is 0.334. The number of likely N-dealkylation sites (tertiary alicyclic amines) is 3. The van der Waals surface area contributed by atoms with Crippen LogP contribution in [0, 0.1) is 0 Å². The van der Waals surface area contributed by atoms with Gasteiger partial charge < -0.3 is 10.2 Å². The molecule has 0 saturated carbocycles. The van der Waals surface area contributed by atoms with E-state index in [0.717, 1.165) is 69.0 Å². The molecule has 3 aliphatic rings. The Kier molecular flexibility index (Phi) is 7.33. The van der Waals surface area contributed by atoms with E-state index < -0.39 is 0 Å². The standard InChI is InChI=1S/C24H39N3O2/c28-23-20(17-25-10-4-1-5-11-25)16-21(18-26-12-6-2-7-13-26)24(29)22(23)19-27-14-8-3-9-15-27/h16,28-29H,1-15,17-19H2. The first-order chi connectivity index (χ1) is 14.2. The molecule has 4 rings (SSSR count). The molecule has 3 saturated heterocycles. The summed E-state index contributed by atoms with van der Waals surface area (Å²) in [7, 11) is 0. The molecule has 3 heterocycles. The first kappa shape index (κ1) is 21.0. The van der Waals surface area contributed by atoms with Crippen LogP contribution in [0.4, 0.5) is 0 Å². The highest BCUT2D eigenvalue weighted by molar-refractivity contribution is 5.53. The molecule has 3 fully saturated rings. The van der Waals surface area contributed by atoms with Gasteiger partial charge in [0.2, 0.25) is 0 Å². The highest BCUT2D eigenvalue weighted by Gasteiger charge is 2.23. The van der Waals surface area contributed by atoms with Crippen LogP contribution in [-0.2, 0) is 19.6 Å². The first-order valence-electron chi connectivity index (χ1n) is 11.9. The SMILES string of the molecule is Oc1c(CN2CCCCC2)cc(CN2CCCCC2)c(O)c1CN1CCCCC1. The second kappa shape index (κ2) is 10.1. The van der Waals surface area contributed by atoms with Gasteiger partial charge in [-0.2, -0.15) is 0 Å². The smallest absolute Gasteiger partial charge is 0.128 e. The zero-order chi connectivity index (χ0) is 20.1. The Bertz CT molecular complexity index is 616. The van der Waals surface area contributed by atoms with E-state index in [0.29, 0.717) is 18.0 Å². The summed E-state index contributed by atoms with van der Waals surface area (Å²) in [5.41, 5.74) is 2.76. The molecule has 1 aromatic carbocycles. The molecule has 5 nitrogen and oxygen atoms in total. The average Bonchev–Trinajstić information content (AvgIpc) is 2.77. The fourth-order valence-corrected chi connectivity index (χ4v) is 5.30. The third-order valence-corrected chi connectivity index (χ3v) is 7.04. The molecule has 2 N–H and O–H groups in total. The Morgan fingerprint density at radius 3 is 1.24 bits per heavy atom. The second-order valence-electron chi connectivity index (χ2n) is 9.38. The summed E-state index contributed by atoms with van der Waals surface area (Å²) in [4.78, 5) is 7.32. The molecular weight excluding hydrogens is 362 g/mol. The maximum absolute atomic E-state index is 11.1. The van der Waals surface area contributed by atoms with Gasteiger partial charge in [-0.25, -0.2) is 0 Å². The molecule has 0 unspecified atom stereocenters. The predicted octanol–water partition coefficient (Wildman–Crippen LogP) is 4.06. The van der Waals surface area contributed by atoms with Crippen molar-refractivity contribution in [2.75, 3.05) is 39.3 Å². The summed E-state index contributed by atoms with van der Waals surface area (Å²) in [5, 5.41) is 22.3. The largest absolute Gasteiger partial charge is 0.507 e. The van der Waals surface area contributed by atoms with E-state index in [1.165, 1.54) is 57.8 Å². The summed E-state index contributed by atoms with van der Waals surface area (Å²) < 4.78 is 0. The van der Waals surface area contributed by atoms with Gasteiger partial charge in [0.1, 0.15) is 11.5 Å². The number of phenolic OH excluding ortho intramolecular Hbond substituents is 2. The van der Waals surface area contributed by atoms with Gasteiger partial charge in [-0.05, 0) is 83.9 Å². The Balaban J connectivity index is 1.59. The predicted molar refractivity (Wildman–Crippen MR) is 117 cm³/mol. The van der Waals surface area contributed by atoms with Crippen molar-refractivity contribution in [1.82, 2.24) is 14.7 Å². The molecule has 0 aliphatic carbocycles. The van der Waals surface area contributed by atoms with Gasteiger partial charge in [-0.15, -0.1) is 0 Å². The number of piperidine rings is 3. The third-order valence-electron chi connectivity index (χ3n) is 7.04. The van der Waals surface area contributed by atoms with Crippen molar-refractivity contribution in [3.63, 3.8) is 0 Å². The van der Waals surface area contributed by atoms with Gasteiger partial charge in [0.05, 0.1) is 5.56 Å². The third kappa shape index (κ3) is 5.44. The average molecular weight is 402 g/mol. The molecule has 0 aromatic heterocycles. The Labute approximate surface area is 176 Å². The Morgan fingerprint density at radius 2 is 0.862 bits per heavy atom. The zero-order valence-corrected chi connectivity index (χ0v) is 18.0. The lowest BCUT2D eigenvalue weighted by molar-refractivity contribution is 0.206. The summed E-state index contributed by atoms with van der Waals surface area (Å²) in [6.07, 6.45) is 11.4. The van der Waals surface area contributed by atoms with E-state index in [4.69, 9.17) is 0 Å². The maximum atomic E-state index is 11.1. The molecule has 0 atom stereocenters. The van der Waals surface area contributed by atoms with Crippen molar-refractivity contribution in [3.8, 4) is 11.5 Å². The summed E-state index contributed by atoms with van der Waals surface area (Å²) in [6, 6.07) is 2.09. The molecule has 0 amide bonds. The lowest BCUT2D eigenvalue weighted by atomic mass is 9.98. The monoisotopic (exact) mass is 401 g/mol. The molecule has 0 bridgehead atoms. The topological polar surface area (TPSA) is 50.2 Å². The van der Waals surface area contributed by atoms with Gasteiger partial charge in [0.15, 0.2) is 0 Å². The van der Waals surface area contributed by atoms with E-state index >= 15 is 0 Å². The van der Waals surface area contributed by atoms with Crippen LogP contribution in [0.15, 0.2) is 6.07 Å². The fourth-order valence-electron chi connectivity index (χ4n) is 5.30. The van der Waals surface area contributed by atoms with Crippen LogP contribution < -0.4 is 0 Å². The number of benzene rings is 1. The van der Waals surface area contributed by atoms with Gasteiger partial charge >= 0.3 is 0 Å². The number of nitrogens with zero attached hydrogens (tertiary/aromatic N) is 3. The molecule has 3 aliphatic heterocycles. The van der Waals surface area contributed by atoms with Crippen molar-refractivity contribution in [2.45, 2.75) is 77.4 Å². The van der Waals surface area contributed by atoms with Crippen molar-refractivity contribution in [2.24, 2.45) is 0 Å². The van der Waals surface area contributed by atoms with Crippen molar-refractivity contribution < 1.29 is 10.2 Å². The highest BCUT2D eigenvalue weighted by Crippen LogP contribution is 2.37. The fraction of sp³-hybridized carbons (Fsp3) is 0.750. The van der Waals surface area contributed by atoms with Crippen LogP contribution in [0.1, 0.15) is 74.5 Å². The summed E-state index contributed by atoms with van der Waals surface area (Å²) in [5.74, 6) is 0.669. The van der Waals surface area contributed by atoms with Crippen molar-refractivity contribution in [1.29, 1.82) is 0 Å². The summed E-state index contributed by atoms with van der Waals surface area (Å²) in [6.45, 7) is 8.85. The molecule has 1 aromatic rings. The first-order valence-corrected chi connectivity index (χ1v) is 11.9. The van der Waals surface area contributed by atoms with E-state index in [9.17, 15) is 10.2 Å². The van der Waals surface area contributed by atoms with Crippen LogP contribution in [0.2, 0.25) is 0 Å². The zero-order valence-electron chi connectivity index (χ0n) is 18.0. The van der Waals surface area contributed by atoms with Crippen LogP contribution in [0.3, 0.4) is 0 Å². The number of hydrogen-bond acceptors (Lipinski definition) is 5. The second-order valence-corrected chi connectivity index (χ2v) is 9.38.